The Kier molecular flexibility index (Phi) is 8.91. The number of aromatic nitrogens is 2. The van der Waals surface area contributed by atoms with Crippen molar-refractivity contribution in [3.8, 4) is 5.75 Å². The summed E-state index contributed by atoms with van der Waals surface area (Å²) in [7, 11) is 2.02. The Hall–Kier alpha value is -3.35. The van der Waals surface area contributed by atoms with Crippen molar-refractivity contribution in [2.45, 2.75) is 93.2 Å². The summed E-state index contributed by atoms with van der Waals surface area (Å²) in [4.78, 5) is 30.8. The molecule has 1 fully saturated rings. The Morgan fingerprint density at radius 3 is 2.45 bits per heavy atom. The first-order valence-electron chi connectivity index (χ1n) is 14.7. The summed E-state index contributed by atoms with van der Waals surface area (Å²) in [5.74, 6) is 2.18. The van der Waals surface area contributed by atoms with Gasteiger partial charge in [0.1, 0.15) is 11.6 Å². The van der Waals surface area contributed by atoms with Gasteiger partial charge in [0, 0.05) is 37.5 Å². The molecule has 2 aromatic carbocycles. The first kappa shape index (κ1) is 29.6. The molecule has 1 aliphatic carbocycles. The number of aryl methyl sites for hydroxylation is 2. The lowest BCUT2D eigenvalue weighted by Crippen LogP contribution is -2.37. The Balaban J connectivity index is 1.62. The minimum absolute atomic E-state index is 0.0346. The van der Waals surface area contributed by atoms with Crippen molar-refractivity contribution in [3.63, 3.8) is 0 Å². The molecule has 7 nitrogen and oxygen atoms in total. The number of ether oxygens (including phenoxy) is 1. The van der Waals surface area contributed by atoms with Gasteiger partial charge < -0.3 is 19.9 Å². The maximum Gasteiger partial charge on any atom is 0.255 e. The number of amides is 2. The number of nitrogens with one attached hydrogen (secondary N) is 2. The minimum Gasteiger partial charge on any atom is -0.493 e. The highest BCUT2D eigenvalue weighted by Gasteiger charge is 2.24. The second kappa shape index (κ2) is 12.0. The van der Waals surface area contributed by atoms with Crippen LogP contribution < -0.4 is 15.4 Å². The van der Waals surface area contributed by atoms with Crippen LogP contribution in [-0.4, -0.2) is 34.0 Å². The lowest BCUT2D eigenvalue weighted by Gasteiger charge is -2.27. The monoisotopic (exact) mass is 546 g/mol. The van der Waals surface area contributed by atoms with Gasteiger partial charge >= 0.3 is 0 Å². The molecule has 3 aromatic rings. The lowest BCUT2D eigenvalue weighted by atomic mass is 9.87. The van der Waals surface area contributed by atoms with Crippen LogP contribution in [0.1, 0.15) is 98.7 Å². The lowest BCUT2D eigenvalue weighted by molar-refractivity contribution is -0.128. The molecule has 0 unspecified atom stereocenters. The van der Waals surface area contributed by atoms with Crippen LogP contribution in [0, 0.1) is 25.2 Å². The molecule has 40 heavy (non-hydrogen) atoms. The standard InChI is InChI=1S/C33H46N4O3/c1-9-40-29-18-28-27(16-26(29)31(38)35-24-14-10-20(2)11-15-24)36-30(37(28)8)17-25-21(3)12-13-23(22(25)4)19-34-32(39)33(5,6)7/h12-13,16,18,20,24H,9-11,14-15,17,19H2,1-8H3,(H,34,39)(H,35,38). The van der Waals surface area contributed by atoms with Gasteiger partial charge in [-0.2, -0.15) is 0 Å². The Morgan fingerprint density at radius 2 is 1.80 bits per heavy atom. The molecular weight excluding hydrogens is 500 g/mol. The zero-order chi connectivity index (χ0) is 29.2. The van der Waals surface area contributed by atoms with Gasteiger partial charge in [0.2, 0.25) is 5.91 Å². The van der Waals surface area contributed by atoms with Gasteiger partial charge in [-0.05, 0) is 80.7 Å². The third kappa shape index (κ3) is 6.51. The predicted molar refractivity (Wildman–Crippen MR) is 161 cm³/mol. The average Bonchev–Trinajstić information content (AvgIpc) is 3.20. The molecule has 1 heterocycles. The van der Waals surface area contributed by atoms with E-state index in [1.165, 1.54) is 11.1 Å². The molecule has 2 amide bonds. The van der Waals surface area contributed by atoms with Crippen LogP contribution in [0.15, 0.2) is 24.3 Å². The molecule has 0 aliphatic heterocycles. The number of carbonyl (C=O) groups is 2. The van der Waals surface area contributed by atoms with Crippen LogP contribution in [0.3, 0.4) is 0 Å². The van der Waals surface area contributed by atoms with Crippen LogP contribution in [0.25, 0.3) is 11.0 Å². The summed E-state index contributed by atoms with van der Waals surface area (Å²) in [5.41, 5.74) is 6.49. The van der Waals surface area contributed by atoms with Gasteiger partial charge in [0.25, 0.3) is 5.91 Å². The Labute approximate surface area is 239 Å². The van der Waals surface area contributed by atoms with Crippen LogP contribution in [0.2, 0.25) is 0 Å². The molecule has 0 saturated heterocycles. The maximum absolute atomic E-state index is 13.4. The topological polar surface area (TPSA) is 85.2 Å². The quantitative estimate of drug-likeness (QED) is 0.355. The molecule has 4 rings (SSSR count). The van der Waals surface area contributed by atoms with Gasteiger partial charge in [-0.1, -0.05) is 39.8 Å². The molecule has 1 saturated carbocycles. The second-order valence-electron chi connectivity index (χ2n) is 12.5. The highest BCUT2D eigenvalue weighted by molar-refractivity contribution is 6.00. The van der Waals surface area contributed by atoms with E-state index in [-0.39, 0.29) is 17.9 Å². The third-order valence-electron chi connectivity index (χ3n) is 8.37. The minimum atomic E-state index is -0.431. The fourth-order valence-corrected chi connectivity index (χ4v) is 5.55. The van der Waals surface area contributed by atoms with Crippen molar-refractivity contribution >= 4 is 22.8 Å². The van der Waals surface area contributed by atoms with E-state index < -0.39 is 5.41 Å². The summed E-state index contributed by atoms with van der Waals surface area (Å²) in [6.07, 6.45) is 4.98. The van der Waals surface area contributed by atoms with E-state index in [0.29, 0.717) is 30.9 Å². The number of carbonyl (C=O) groups excluding carboxylic acids is 2. The summed E-state index contributed by atoms with van der Waals surface area (Å²) >= 11 is 0. The van der Waals surface area contributed by atoms with Gasteiger partial charge in [-0.15, -0.1) is 0 Å². The highest BCUT2D eigenvalue weighted by atomic mass is 16.5. The molecule has 2 N–H and O–H groups in total. The molecule has 216 valence electrons. The van der Waals surface area contributed by atoms with Gasteiger partial charge in [-0.25, -0.2) is 4.98 Å². The van der Waals surface area contributed by atoms with Crippen molar-refractivity contribution in [3.05, 3.63) is 57.9 Å². The van der Waals surface area contributed by atoms with Gasteiger partial charge in [0.05, 0.1) is 23.2 Å². The summed E-state index contributed by atoms with van der Waals surface area (Å²) in [6.45, 7) is 15.2. The molecule has 0 spiro atoms. The highest BCUT2D eigenvalue weighted by Crippen LogP contribution is 2.30. The number of hydrogen-bond acceptors (Lipinski definition) is 4. The molecule has 1 aliphatic rings. The van der Waals surface area contributed by atoms with E-state index in [9.17, 15) is 9.59 Å². The SMILES string of the molecule is CCOc1cc2c(cc1C(=O)NC1CCC(C)CC1)nc(Cc1c(C)ccc(CNC(=O)C(C)(C)C)c1C)n2C. The van der Waals surface area contributed by atoms with E-state index in [4.69, 9.17) is 9.72 Å². The number of nitrogens with zero attached hydrogens (tertiary/aromatic N) is 2. The molecule has 7 heteroatoms. The summed E-state index contributed by atoms with van der Waals surface area (Å²) in [5, 5.41) is 6.33. The summed E-state index contributed by atoms with van der Waals surface area (Å²) < 4.78 is 8.03. The number of imidazole rings is 1. The van der Waals surface area contributed by atoms with E-state index in [0.717, 1.165) is 59.6 Å². The third-order valence-corrected chi connectivity index (χ3v) is 8.37. The molecular formula is C33H46N4O3. The van der Waals surface area contributed by atoms with Crippen LogP contribution in [-0.2, 0) is 24.8 Å². The zero-order valence-corrected chi connectivity index (χ0v) is 25.5. The van der Waals surface area contributed by atoms with Crippen molar-refractivity contribution in [1.29, 1.82) is 0 Å². The number of benzene rings is 2. The number of fused-ring (bicyclic) bond motifs is 1. The smallest absolute Gasteiger partial charge is 0.255 e. The van der Waals surface area contributed by atoms with Crippen molar-refractivity contribution in [2.75, 3.05) is 6.61 Å². The van der Waals surface area contributed by atoms with Crippen LogP contribution in [0.5, 0.6) is 5.75 Å². The first-order valence-corrected chi connectivity index (χ1v) is 14.7. The fraction of sp³-hybridized carbons (Fsp3) is 0.545. The average molecular weight is 547 g/mol. The Morgan fingerprint density at radius 1 is 1.10 bits per heavy atom. The second-order valence-corrected chi connectivity index (χ2v) is 12.5. The van der Waals surface area contributed by atoms with Gasteiger partial charge in [-0.3, -0.25) is 9.59 Å². The van der Waals surface area contributed by atoms with E-state index in [1.54, 1.807) is 0 Å². The predicted octanol–water partition coefficient (Wildman–Crippen LogP) is 6.15. The molecule has 0 atom stereocenters. The normalized spacial score (nSPS) is 17.6. The van der Waals surface area contributed by atoms with E-state index >= 15 is 0 Å². The zero-order valence-electron chi connectivity index (χ0n) is 25.5. The van der Waals surface area contributed by atoms with Crippen LogP contribution >= 0.6 is 0 Å². The molecule has 0 radical (unpaired) electrons. The van der Waals surface area contributed by atoms with Crippen molar-refractivity contribution in [1.82, 2.24) is 20.2 Å². The van der Waals surface area contributed by atoms with Crippen molar-refractivity contribution < 1.29 is 14.3 Å². The van der Waals surface area contributed by atoms with Crippen LogP contribution in [0.4, 0.5) is 0 Å². The summed E-state index contributed by atoms with van der Waals surface area (Å²) in [6, 6.07) is 8.25. The molecule has 1 aromatic heterocycles. The largest absolute Gasteiger partial charge is 0.493 e. The number of hydrogen-bond donors (Lipinski definition) is 2. The number of rotatable bonds is 8. The van der Waals surface area contributed by atoms with Gasteiger partial charge in [0.15, 0.2) is 0 Å². The fourth-order valence-electron chi connectivity index (χ4n) is 5.55. The Bertz CT molecular complexity index is 1390. The van der Waals surface area contributed by atoms with E-state index in [2.05, 4.69) is 48.1 Å². The first-order chi connectivity index (χ1) is 18.9. The maximum atomic E-state index is 13.4. The molecule has 0 bridgehead atoms. The van der Waals surface area contributed by atoms with Crippen molar-refractivity contribution in [2.24, 2.45) is 18.4 Å². The van der Waals surface area contributed by atoms with E-state index in [1.807, 2.05) is 46.9 Å².